The van der Waals surface area contributed by atoms with Gasteiger partial charge in [0, 0.05) is 25.3 Å². The highest BCUT2D eigenvalue weighted by atomic mass is 32.2. The normalized spacial score (nSPS) is 16.1. The molecular formula is C23H31N5O2S. The molecule has 3 rings (SSSR count). The summed E-state index contributed by atoms with van der Waals surface area (Å²) >= 11 is 1.36. The lowest BCUT2D eigenvalue weighted by Crippen LogP contribution is -2.43. The van der Waals surface area contributed by atoms with Gasteiger partial charge in [0.2, 0.25) is 11.8 Å². The zero-order valence-electron chi connectivity index (χ0n) is 18.5. The Morgan fingerprint density at radius 2 is 2.03 bits per heavy atom. The highest BCUT2D eigenvalue weighted by Crippen LogP contribution is 2.23. The number of hydrogen-bond donors (Lipinski definition) is 2. The summed E-state index contributed by atoms with van der Waals surface area (Å²) in [6.45, 7) is 8.32. The molecule has 1 aromatic heterocycles. The Morgan fingerprint density at radius 3 is 2.74 bits per heavy atom. The van der Waals surface area contributed by atoms with Crippen LogP contribution < -0.4 is 15.5 Å². The lowest BCUT2D eigenvalue weighted by atomic mass is 9.97. The lowest BCUT2D eigenvalue weighted by molar-refractivity contribution is -0.125. The van der Waals surface area contributed by atoms with Crippen molar-refractivity contribution < 1.29 is 9.59 Å². The number of piperidine rings is 1. The van der Waals surface area contributed by atoms with Gasteiger partial charge in [-0.25, -0.2) is 0 Å². The molecule has 2 aromatic rings. The first-order valence-corrected chi connectivity index (χ1v) is 11.8. The predicted octanol–water partition coefficient (Wildman–Crippen LogP) is 3.57. The molecule has 2 amide bonds. The van der Waals surface area contributed by atoms with E-state index in [9.17, 15) is 9.59 Å². The molecule has 7 nitrogen and oxygen atoms in total. The summed E-state index contributed by atoms with van der Waals surface area (Å²) in [6.07, 6.45) is 2.80. The molecule has 8 heteroatoms. The molecule has 1 aliphatic rings. The van der Waals surface area contributed by atoms with E-state index in [1.807, 2.05) is 44.2 Å². The van der Waals surface area contributed by atoms with Crippen LogP contribution in [0.15, 0.2) is 35.4 Å². The van der Waals surface area contributed by atoms with Crippen molar-refractivity contribution in [1.82, 2.24) is 15.5 Å². The number of aryl methyl sites for hydroxylation is 2. The molecule has 0 saturated carbocycles. The zero-order valence-corrected chi connectivity index (χ0v) is 19.3. The minimum atomic E-state index is -0.0696. The van der Waals surface area contributed by atoms with Crippen LogP contribution in [-0.4, -0.2) is 47.4 Å². The Balaban J connectivity index is 1.50. The summed E-state index contributed by atoms with van der Waals surface area (Å²) in [5.74, 6) is 1.09. The summed E-state index contributed by atoms with van der Waals surface area (Å²) in [6, 6.07) is 9.77. The molecule has 1 saturated heterocycles. The van der Waals surface area contributed by atoms with Gasteiger partial charge in [-0.3, -0.25) is 9.59 Å². The maximum atomic E-state index is 12.3. The number of anilines is 2. The van der Waals surface area contributed by atoms with Gasteiger partial charge < -0.3 is 15.5 Å². The molecule has 166 valence electrons. The minimum absolute atomic E-state index is 0.00919. The van der Waals surface area contributed by atoms with Crippen molar-refractivity contribution in [2.24, 2.45) is 5.92 Å². The van der Waals surface area contributed by atoms with Crippen LogP contribution in [0.2, 0.25) is 0 Å². The lowest BCUT2D eigenvalue weighted by Gasteiger charge is -2.32. The average Bonchev–Trinajstić information content (AvgIpc) is 2.78. The molecule has 1 fully saturated rings. The van der Waals surface area contributed by atoms with E-state index < -0.39 is 0 Å². The number of benzene rings is 1. The maximum Gasteiger partial charge on any atom is 0.234 e. The number of rotatable bonds is 8. The van der Waals surface area contributed by atoms with Crippen LogP contribution in [0.4, 0.5) is 11.5 Å². The van der Waals surface area contributed by atoms with Crippen molar-refractivity contribution in [3.05, 3.63) is 41.5 Å². The van der Waals surface area contributed by atoms with Gasteiger partial charge in [0.1, 0.15) is 5.03 Å². The molecule has 0 aliphatic carbocycles. The van der Waals surface area contributed by atoms with Crippen molar-refractivity contribution in [3.63, 3.8) is 0 Å². The number of carbonyl (C=O) groups excluding carboxylic acids is 2. The van der Waals surface area contributed by atoms with E-state index in [0.29, 0.717) is 11.6 Å². The van der Waals surface area contributed by atoms with Crippen LogP contribution in [0.1, 0.15) is 37.3 Å². The SMILES string of the molecule is CCCNC(=O)[C@@H]1CCCN(c2ccc(SCC(=O)Nc3ccc(C)cc3C)nn2)C1. The molecule has 2 heterocycles. The Hall–Kier alpha value is -2.61. The fourth-order valence-electron chi connectivity index (χ4n) is 3.63. The first-order chi connectivity index (χ1) is 15.0. The quantitative estimate of drug-likeness (QED) is 0.609. The Kier molecular flexibility index (Phi) is 8.28. The molecule has 0 bridgehead atoms. The highest BCUT2D eigenvalue weighted by molar-refractivity contribution is 7.99. The number of carbonyl (C=O) groups is 2. The monoisotopic (exact) mass is 441 g/mol. The second-order valence-corrected chi connectivity index (χ2v) is 8.96. The van der Waals surface area contributed by atoms with Crippen molar-refractivity contribution in [3.8, 4) is 0 Å². The van der Waals surface area contributed by atoms with Gasteiger partial charge in [0.25, 0.3) is 0 Å². The van der Waals surface area contributed by atoms with Gasteiger partial charge in [-0.05, 0) is 56.9 Å². The van der Waals surface area contributed by atoms with Gasteiger partial charge >= 0.3 is 0 Å². The van der Waals surface area contributed by atoms with Gasteiger partial charge in [-0.2, -0.15) is 0 Å². The van der Waals surface area contributed by atoms with Crippen molar-refractivity contribution >= 4 is 35.1 Å². The van der Waals surface area contributed by atoms with Crippen molar-refractivity contribution in [2.75, 3.05) is 35.6 Å². The standard InChI is InChI=1S/C23H31N5O2S/c1-4-11-24-23(30)18-6-5-12-28(14-18)20-9-10-22(27-26-20)31-15-21(29)25-19-8-7-16(2)13-17(19)3/h7-10,13,18H,4-6,11-12,14-15H2,1-3H3,(H,24,30)(H,25,29)/t18-/m1/s1. The molecule has 1 aromatic carbocycles. The third-order valence-corrected chi connectivity index (χ3v) is 6.22. The topological polar surface area (TPSA) is 87.2 Å². The van der Waals surface area contributed by atoms with Crippen LogP contribution in [0.25, 0.3) is 0 Å². The molecule has 31 heavy (non-hydrogen) atoms. The molecule has 2 N–H and O–H groups in total. The van der Waals surface area contributed by atoms with E-state index in [0.717, 1.165) is 49.4 Å². The van der Waals surface area contributed by atoms with Crippen LogP contribution in [-0.2, 0) is 9.59 Å². The van der Waals surface area contributed by atoms with E-state index in [1.165, 1.54) is 17.3 Å². The summed E-state index contributed by atoms with van der Waals surface area (Å²) < 4.78 is 0. The number of amides is 2. The van der Waals surface area contributed by atoms with Crippen molar-refractivity contribution in [1.29, 1.82) is 0 Å². The van der Waals surface area contributed by atoms with E-state index >= 15 is 0 Å². The summed E-state index contributed by atoms with van der Waals surface area (Å²) in [5.41, 5.74) is 3.05. The van der Waals surface area contributed by atoms with Gasteiger partial charge in [0.05, 0.1) is 11.7 Å². The molecule has 0 unspecified atom stereocenters. The second kappa shape index (κ2) is 11.1. The first kappa shape index (κ1) is 23.1. The van der Waals surface area contributed by atoms with Crippen molar-refractivity contribution in [2.45, 2.75) is 45.1 Å². The van der Waals surface area contributed by atoms with E-state index in [-0.39, 0.29) is 23.5 Å². The zero-order chi connectivity index (χ0) is 22.2. The largest absolute Gasteiger partial charge is 0.356 e. The Labute approximate surface area is 188 Å². The minimum Gasteiger partial charge on any atom is -0.356 e. The highest BCUT2D eigenvalue weighted by Gasteiger charge is 2.26. The molecule has 0 radical (unpaired) electrons. The summed E-state index contributed by atoms with van der Waals surface area (Å²) in [4.78, 5) is 26.7. The van der Waals surface area contributed by atoms with Crippen LogP contribution in [0.5, 0.6) is 0 Å². The molecular weight excluding hydrogens is 410 g/mol. The Morgan fingerprint density at radius 1 is 1.19 bits per heavy atom. The smallest absolute Gasteiger partial charge is 0.234 e. The number of thioether (sulfide) groups is 1. The van der Waals surface area contributed by atoms with Gasteiger partial charge in [-0.15, -0.1) is 10.2 Å². The summed E-state index contributed by atoms with van der Waals surface area (Å²) in [5, 5.41) is 15.2. The first-order valence-electron chi connectivity index (χ1n) is 10.8. The van der Waals surface area contributed by atoms with Crippen LogP contribution >= 0.6 is 11.8 Å². The number of nitrogens with zero attached hydrogens (tertiary/aromatic N) is 3. The van der Waals surface area contributed by atoms with Gasteiger partial charge in [-0.1, -0.05) is 36.4 Å². The average molecular weight is 442 g/mol. The maximum absolute atomic E-state index is 12.3. The summed E-state index contributed by atoms with van der Waals surface area (Å²) in [7, 11) is 0. The van der Waals surface area contributed by atoms with Gasteiger partial charge in [0.15, 0.2) is 5.82 Å². The fraction of sp³-hybridized carbons (Fsp3) is 0.478. The molecule has 0 spiro atoms. The molecule has 1 aliphatic heterocycles. The third kappa shape index (κ3) is 6.69. The van der Waals surface area contributed by atoms with Crippen LogP contribution in [0.3, 0.4) is 0 Å². The van der Waals surface area contributed by atoms with E-state index in [4.69, 9.17) is 0 Å². The molecule has 1 atom stereocenters. The Bertz CT molecular complexity index is 903. The number of hydrogen-bond acceptors (Lipinski definition) is 6. The van der Waals surface area contributed by atoms with Crippen LogP contribution in [0, 0.1) is 19.8 Å². The second-order valence-electron chi connectivity index (χ2n) is 7.96. The number of nitrogens with one attached hydrogen (secondary N) is 2. The fourth-order valence-corrected chi connectivity index (χ4v) is 4.24. The van der Waals surface area contributed by atoms with E-state index in [2.05, 4.69) is 32.7 Å². The number of aromatic nitrogens is 2. The third-order valence-electron chi connectivity index (χ3n) is 5.30. The predicted molar refractivity (Wildman–Crippen MR) is 126 cm³/mol. The van der Waals surface area contributed by atoms with E-state index in [1.54, 1.807) is 0 Å².